The van der Waals surface area contributed by atoms with E-state index in [0.717, 1.165) is 42.4 Å². The Morgan fingerprint density at radius 3 is 2.60 bits per heavy atom. The number of hydrogen-bond acceptors (Lipinski definition) is 4. The predicted octanol–water partition coefficient (Wildman–Crippen LogP) is 3.35. The topological polar surface area (TPSA) is 65.0 Å². The van der Waals surface area contributed by atoms with Crippen molar-refractivity contribution in [2.45, 2.75) is 18.4 Å². The maximum atomic E-state index is 11.4. The van der Waals surface area contributed by atoms with Crippen LogP contribution in [0.4, 0.5) is 5.69 Å². The molecular weight excluding hydrogens is 336 g/mol. The molecular formula is C19H19ClN4O. The molecule has 128 valence electrons. The monoisotopic (exact) mass is 354 g/mol. The van der Waals surface area contributed by atoms with Crippen LogP contribution in [-0.4, -0.2) is 33.4 Å². The number of H-pyrrole nitrogens is 1. The van der Waals surface area contributed by atoms with Crippen molar-refractivity contribution in [2.75, 3.05) is 18.0 Å². The summed E-state index contributed by atoms with van der Waals surface area (Å²) < 4.78 is 0. The third-order valence-electron chi connectivity index (χ3n) is 5.82. The van der Waals surface area contributed by atoms with Crippen molar-refractivity contribution < 1.29 is 5.11 Å². The summed E-state index contributed by atoms with van der Waals surface area (Å²) in [5, 5.41) is 20.2. The summed E-state index contributed by atoms with van der Waals surface area (Å²) >= 11 is 6.28. The SMILES string of the molecule is O[C@@]1(c2cc(Cl)cc3cn[nH]c23)C[C@H]2CN(c3ccncc3)C[C@H]2C1. The normalized spacial score (nSPS) is 28.6. The summed E-state index contributed by atoms with van der Waals surface area (Å²) in [7, 11) is 0. The molecule has 1 aromatic carbocycles. The number of benzene rings is 1. The molecule has 0 spiro atoms. The summed E-state index contributed by atoms with van der Waals surface area (Å²) in [6.45, 7) is 1.95. The van der Waals surface area contributed by atoms with Crippen LogP contribution in [0.3, 0.4) is 0 Å². The molecule has 5 rings (SSSR count). The van der Waals surface area contributed by atoms with Crippen LogP contribution < -0.4 is 4.90 Å². The first-order chi connectivity index (χ1) is 12.1. The van der Waals surface area contributed by atoms with Crippen LogP contribution in [0.15, 0.2) is 42.9 Å². The summed E-state index contributed by atoms with van der Waals surface area (Å²) in [5.41, 5.74) is 2.16. The Morgan fingerprint density at radius 1 is 1.16 bits per heavy atom. The largest absolute Gasteiger partial charge is 0.385 e. The minimum absolute atomic E-state index is 0.482. The van der Waals surface area contributed by atoms with Crippen molar-refractivity contribution in [3.63, 3.8) is 0 Å². The minimum atomic E-state index is -0.838. The molecule has 0 unspecified atom stereocenters. The Labute approximate surface area is 150 Å². The second-order valence-corrected chi connectivity index (χ2v) is 7.79. The molecule has 1 aliphatic carbocycles. The quantitative estimate of drug-likeness (QED) is 0.740. The first-order valence-corrected chi connectivity index (χ1v) is 9.01. The van der Waals surface area contributed by atoms with Gasteiger partial charge < -0.3 is 10.0 Å². The van der Waals surface area contributed by atoms with E-state index in [2.05, 4.69) is 32.2 Å². The molecule has 1 saturated carbocycles. The van der Waals surface area contributed by atoms with Crippen LogP contribution in [0, 0.1) is 11.8 Å². The summed E-state index contributed by atoms with van der Waals surface area (Å²) in [5.74, 6) is 0.963. The number of halogens is 1. The Bertz CT molecular complexity index is 912. The molecule has 1 saturated heterocycles. The number of aromatic amines is 1. The number of pyridine rings is 1. The lowest BCUT2D eigenvalue weighted by atomic mass is 9.89. The van der Waals surface area contributed by atoms with Gasteiger partial charge in [-0.05, 0) is 48.9 Å². The molecule has 2 aromatic heterocycles. The highest BCUT2D eigenvalue weighted by Gasteiger charge is 2.49. The van der Waals surface area contributed by atoms with Crippen LogP contribution in [0.5, 0.6) is 0 Å². The van der Waals surface area contributed by atoms with Gasteiger partial charge in [0.1, 0.15) is 0 Å². The summed E-state index contributed by atoms with van der Waals surface area (Å²) in [6, 6.07) is 7.88. The van der Waals surface area contributed by atoms with E-state index in [4.69, 9.17) is 11.6 Å². The molecule has 2 aliphatic rings. The Hall–Kier alpha value is -2.11. The van der Waals surface area contributed by atoms with E-state index in [-0.39, 0.29) is 0 Å². The van der Waals surface area contributed by atoms with E-state index in [1.165, 1.54) is 5.69 Å². The van der Waals surface area contributed by atoms with Crippen LogP contribution >= 0.6 is 11.6 Å². The molecule has 25 heavy (non-hydrogen) atoms. The molecule has 3 heterocycles. The van der Waals surface area contributed by atoms with E-state index in [1.54, 1.807) is 6.20 Å². The lowest BCUT2D eigenvalue weighted by Crippen LogP contribution is -2.28. The molecule has 1 aliphatic heterocycles. The zero-order chi connectivity index (χ0) is 17.0. The van der Waals surface area contributed by atoms with Crippen molar-refractivity contribution in [3.05, 3.63) is 53.4 Å². The van der Waals surface area contributed by atoms with E-state index in [0.29, 0.717) is 16.9 Å². The average Bonchev–Trinajstić information content (AvgIpc) is 3.28. The standard InChI is InChI=1S/C19H19ClN4O/c20-15-5-12-9-22-23-18(12)17(6-15)19(25)7-13-10-24(11-14(13)8-19)16-1-3-21-4-2-16/h1-6,9,13-14,25H,7-8,10-11H2,(H,22,23)/t13-,14+,19-. The van der Waals surface area contributed by atoms with Gasteiger partial charge in [-0.2, -0.15) is 5.10 Å². The Kier molecular flexibility index (Phi) is 3.30. The van der Waals surface area contributed by atoms with E-state index >= 15 is 0 Å². The van der Waals surface area contributed by atoms with E-state index in [1.807, 2.05) is 24.5 Å². The van der Waals surface area contributed by atoms with Gasteiger partial charge in [0, 0.05) is 47.1 Å². The molecule has 2 N–H and O–H groups in total. The first kappa shape index (κ1) is 15.2. The van der Waals surface area contributed by atoms with Crippen molar-refractivity contribution in [1.82, 2.24) is 15.2 Å². The molecule has 5 nitrogen and oxygen atoms in total. The third-order valence-corrected chi connectivity index (χ3v) is 6.04. The third kappa shape index (κ3) is 2.41. The highest BCUT2D eigenvalue weighted by Crippen LogP contribution is 2.51. The van der Waals surface area contributed by atoms with E-state index in [9.17, 15) is 5.11 Å². The smallest absolute Gasteiger partial charge is 0.0924 e. The van der Waals surface area contributed by atoms with Crippen molar-refractivity contribution in [2.24, 2.45) is 11.8 Å². The van der Waals surface area contributed by atoms with Crippen molar-refractivity contribution >= 4 is 28.2 Å². The van der Waals surface area contributed by atoms with E-state index < -0.39 is 5.60 Å². The number of nitrogens with zero attached hydrogens (tertiary/aromatic N) is 3. The minimum Gasteiger partial charge on any atom is -0.385 e. The molecule has 0 radical (unpaired) electrons. The number of hydrogen-bond donors (Lipinski definition) is 2. The second kappa shape index (κ2) is 5.44. The maximum absolute atomic E-state index is 11.4. The van der Waals surface area contributed by atoms with Gasteiger partial charge in [-0.25, -0.2) is 0 Å². The summed E-state index contributed by atoms with van der Waals surface area (Å²) in [4.78, 5) is 6.50. The predicted molar refractivity (Wildman–Crippen MR) is 97.7 cm³/mol. The molecule has 3 atom stereocenters. The number of fused-ring (bicyclic) bond motifs is 2. The maximum Gasteiger partial charge on any atom is 0.0924 e. The summed E-state index contributed by atoms with van der Waals surface area (Å²) in [6.07, 6.45) is 6.94. The molecule has 3 aromatic rings. The van der Waals surface area contributed by atoms with Crippen molar-refractivity contribution in [1.29, 1.82) is 0 Å². The fourth-order valence-electron chi connectivity index (χ4n) is 4.73. The fraction of sp³-hybridized carbons (Fsp3) is 0.368. The van der Waals surface area contributed by atoms with Gasteiger partial charge in [-0.3, -0.25) is 10.1 Å². The lowest BCUT2D eigenvalue weighted by molar-refractivity contribution is 0.0379. The molecule has 0 bridgehead atoms. The second-order valence-electron chi connectivity index (χ2n) is 7.36. The zero-order valence-electron chi connectivity index (χ0n) is 13.7. The van der Waals surface area contributed by atoms with Gasteiger partial charge in [-0.1, -0.05) is 11.6 Å². The number of aromatic nitrogens is 3. The highest BCUT2D eigenvalue weighted by atomic mass is 35.5. The number of rotatable bonds is 2. The molecule has 0 amide bonds. The first-order valence-electron chi connectivity index (χ1n) is 8.63. The van der Waals surface area contributed by atoms with Crippen molar-refractivity contribution in [3.8, 4) is 0 Å². The highest BCUT2D eigenvalue weighted by molar-refractivity contribution is 6.31. The van der Waals surface area contributed by atoms with Crippen LogP contribution in [0.1, 0.15) is 18.4 Å². The lowest BCUT2D eigenvalue weighted by Gasteiger charge is -2.27. The van der Waals surface area contributed by atoms with Gasteiger partial charge >= 0.3 is 0 Å². The Morgan fingerprint density at radius 2 is 1.88 bits per heavy atom. The van der Waals surface area contributed by atoms with Gasteiger partial charge in [0.15, 0.2) is 0 Å². The number of nitrogens with one attached hydrogen (secondary N) is 1. The molecule has 2 fully saturated rings. The van der Waals surface area contributed by atoms with Crippen LogP contribution in [0.25, 0.3) is 10.9 Å². The zero-order valence-corrected chi connectivity index (χ0v) is 14.4. The fourth-order valence-corrected chi connectivity index (χ4v) is 4.95. The van der Waals surface area contributed by atoms with Crippen LogP contribution in [0.2, 0.25) is 5.02 Å². The van der Waals surface area contributed by atoms with Gasteiger partial charge in [-0.15, -0.1) is 0 Å². The number of anilines is 1. The number of aliphatic hydroxyl groups is 1. The van der Waals surface area contributed by atoms with Gasteiger partial charge in [0.2, 0.25) is 0 Å². The molecule has 6 heteroatoms. The Balaban J connectivity index is 1.44. The van der Waals surface area contributed by atoms with Gasteiger partial charge in [0.05, 0.1) is 17.3 Å². The van der Waals surface area contributed by atoms with Crippen LogP contribution in [-0.2, 0) is 5.60 Å². The average molecular weight is 355 g/mol. The van der Waals surface area contributed by atoms with Gasteiger partial charge in [0.25, 0.3) is 0 Å².